The summed E-state index contributed by atoms with van der Waals surface area (Å²) in [7, 11) is 4.60. The zero-order chi connectivity index (χ0) is 11.4. The van der Waals surface area contributed by atoms with Gasteiger partial charge in [-0.05, 0) is 65.8 Å². The van der Waals surface area contributed by atoms with Crippen LogP contribution >= 0.6 is 0 Å². The number of hydrogen-bond acceptors (Lipinski definition) is 3. The Morgan fingerprint density at radius 1 is 1.06 bits per heavy atom. The van der Waals surface area contributed by atoms with Gasteiger partial charge in [0.15, 0.2) is 0 Å². The first-order chi connectivity index (χ1) is 7.77. The van der Waals surface area contributed by atoms with Crippen molar-refractivity contribution in [1.29, 1.82) is 0 Å². The van der Waals surface area contributed by atoms with Gasteiger partial charge in [-0.25, -0.2) is 0 Å². The maximum Gasteiger partial charge on any atom is 0.0221 e. The van der Waals surface area contributed by atoms with Crippen LogP contribution in [0.15, 0.2) is 0 Å². The predicted molar refractivity (Wildman–Crippen MR) is 68.8 cm³/mol. The van der Waals surface area contributed by atoms with E-state index in [1.807, 2.05) is 0 Å². The highest BCUT2D eigenvalue weighted by molar-refractivity contribution is 4.83. The molecule has 2 fully saturated rings. The van der Waals surface area contributed by atoms with Gasteiger partial charge in [0.05, 0.1) is 0 Å². The molecule has 3 nitrogen and oxygen atoms in total. The summed E-state index contributed by atoms with van der Waals surface area (Å²) in [6.45, 7) is 4.98. The van der Waals surface area contributed by atoms with E-state index in [1.165, 1.54) is 58.3 Å². The summed E-state index contributed by atoms with van der Waals surface area (Å²) in [5.41, 5.74) is 0. The Kier molecular flexibility index (Phi) is 4.62. The highest BCUT2D eigenvalue weighted by atomic mass is 15.2. The van der Waals surface area contributed by atoms with Crippen LogP contribution in [-0.4, -0.2) is 62.2 Å². The Labute approximate surface area is 100 Å². The first-order valence-corrected chi connectivity index (χ1v) is 6.88. The van der Waals surface area contributed by atoms with Crippen molar-refractivity contribution >= 4 is 0 Å². The second-order valence-electron chi connectivity index (χ2n) is 5.55. The van der Waals surface area contributed by atoms with E-state index in [-0.39, 0.29) is 0 Å². The van der Waals surface area contributed by atoms with Gasteiger partial charge in [0.1, 0.15) is 0 Å². The Balaban J connectivity index is 1.84. The minimum Gasteiger partial charge on any atom is -0.315 e. The molecule has 0 saturated carbocycles. The molecule has 0 radical (unpaired) electrons. The number of likely N-dealkylation sites (tertiary alicyclic amines) is 1. The highest BCUT2D eigenvalue weighted by Gasteiger charge is 2.25. The molecule has 0 aromatic carbocycles. The van der Waals surface area contributed by atoms with Gasteiger partial charge in [-0.1, -0.05) is 0 Å². The van der Waals surface area contributed by atoms with Gasteiger partial charge >= 0.3 is 0 Å². The lowest BCUT2D eigenvalue weighted by molar-refractivity contribution is 0.134. The van der Waals surface area contributed by atoms with E-state index in [0.717, 1.165) is 12.1 Å². The minimum absolute atomic E-state index is 0.780. The topological polar surface area (TPSA) is 18.5 Å². The molecule has 0 spiro atoms. The van der Waals surface area contributed by atoms with Gasteiger partial charge in [-0.2, -0.15) is 0 Å². The molecule has 0 bridgehead atoms. The molecule has 0 aromatic rings. The zero-order valence-corrected chi connectivity index (χ0v) is 10.9. The van der Waals surface area contributed by atoms with Gasteiger partial charge in [-0.15, -0.1) is 0 Å². The van der Waals surface area contributed by atoms with E-state index in [2.05, 4.69) is 29.2 Å². The average Bonchev–Trinajstić information content (AvgIpc) is 2.54. The van der Waals surface area contributed by atoms with Gasteiger partial charge < -0.3 is 10.2 Å². The first-order valence-electron chi connectivity index (χ1n) is 6.88. The molecule has 94 valence electrons. The standard InChI is InChI=1S/C13H27N3/c1-15-9-4-6-12(7-10-15)16(2)13-5-3-8-14-11-13/h12-14H,3-11H2,1-2H3. The fraction of sp³-hybridized carbons (Fsp3) is 1.00. The molecule has 2 aliphatic heterocycles. The first kappa shape index (κ1) is 12.3. The molecule has 0 amide bonds. The van der Waals surface area contributed by atoms with Crippen LogP contribution in [0.2, 0.25) is 0 Å². The molecule has 2 atom stereocenters. The zero-order valence-electron chi connectivity index (χ0n) is 10.9. The van der Waals surface area contributed by atoms with Crippen LogP contribution in [0.5, 0.6) is 0 Å². The molecular weight excluding hydrogens is 198 g/mol. The van der Waals surface area contributed by atoms with E-state index < -0.39 is 0 Å². The molecule has 0 aromatic heterocycles. The SMILES string of the molecule is CN1CCCC(N(C)C2CCCNC2)CC1. The average molecular weight is 225 g/mol. The maximum absolute atomic E-state index is 3.53. The quantitative estimate of drug-likeness (QED) is 0.761. The van der Waals surface area contributed by atoms with E-state index >= 15 is 0 Å². The largest absolute Gasteiger partial charge is 0.315 e. The number of piperidine rings is 1. The molecule has 2 heterocycles. The second-order valence-corrected chi connectivity index (χ2v) is 5.55. The third-order valence-electron chi connectivity index (χ3n) is 4.34. The van der Waals surface area contributed by atoms with E-state index in [4.69, 9.17) is 0 Å². The van der Waals surface area contributed by atoms with Crippen LogP contribution in [0, 0.1) is 0 Å². The fourth-order valence-corrected chi connectivity index (χ4v) is 3.11. The summed E-state index contributed by atoms with van der Waals surface area (Å²) in [4.78, 5) is 5.14. The van der Waals surface area contributed by atoms with Crippen molar-refractivity contribution in [3.05, 3.63) is 0 Å². The van der Waals surface area contributed by atoms with Gasteiger partial charge in [0.25, 0.3) is 0 Å². The van der Waals surface area contributed by atoms with Crippen molar-refractivity contribution in [2.75, 3.05) is 40.3 Å². The van der Waals surface area contributed by atoms with Crippen LogP contribution < -0.4 is 5.32 Å². The van der Waals surface area contributed by atoms with Crippen LogP contribution in [0.4, 0.5) is 0 Å². The van der Waals surface area contributed by atoms with E-state index in [1.54, 1.807) is 0 Å². The molecule has 2 unspecified atom stereocenters. The summed E-state index contributed by atoms with van der Waals surface area (Å²) in [5.74, 6) is 0. The van der Waals surface area contributed by atoms with Crippen LogP contribution in [0.25, 0.3) is 0 Å². The van der Waals surface area contributed by atoms with Crippen molar-refractivity contribution in [2.24, 2.45) is 0 Å². The Morgan fingerprint density at radius 3 is 2.62 bits per heavy atom. The van der Waals surface area contributed by atoms with E-state index in [0.29, 0.717) is 0 Å². The fourth-order valence-electron chi connectivity index (χ4n) is 3.11. The minimum atomic E-state index is 0.780. The van der Waals surface area contributed by atoms with Crippen LogP contribution in [0.1, 0.15) is 32.1 Å². The number of likely N-dealkylation sites (N-methyl/N-ethyl adjacent to an activating group) is 1. The summed E-state index contributed by atoms with van der Waals surface area (Å²) < 4.78 is 0. The Hall–Kier alpha value is -0.120. The number of hydrogen-bond donors (Lipinski definition) is 1. The van der Waals surface area contributed by atoms with Crippen LogP contribution in [0.3, 0.4) is 0 Å². The molecule has 16 heavy (non-hydrogen) atoms. The molecular formula is C13H27N3. The number of rotatable bonds is 2. The third-order valence-corrected chi connectivity index (χ3v) is 4.34. The van der Waals surface area contributed by atoms with Crippen molar-refractivity contribution in [1.82, 2.24) is 15.1 Å². The smallest absolute Gasteiger partial charge is 0.0221 e. The summed E-state index contributed by atoms with van der Waals surface area (Å²) in [6.07, 6.45) is 6.84. The molecule has 2 saturated heterocycles. The molecule has 3 heteroatoms. The molecule has 2 aliphatic rings. The molecule has 0 aliphatic carbocycles. The summed E-state index contributed by atoms with van der Waals surface area (Å²) in [5, 5.41) is 3.53. The second kappa shape index (κ2) is 5.99. The summed E-state index contributed by atoms with van der Waals surface area (Å²) >= 11 is 0. The highest BCUT2D eigenvalue weighted by Crippen LogP contribution is 2.19. The summed E-state index contributed by atoms with van der Waals surface area (Å²) in [6, 6.07) is 1.59. The predicted octanol–water partition coefficient (Wildman–Crippen LogP) is 1.15. The maximum atomic E-state index is 3.53. The van der Waals surface area contributed by atoms with Gasteiger partial charge in [0, 0.05) is 18.6 Å². The lowest BCUT2D eigenvalue weighted by atomic mass is 10.0. The van der Waals surface area contributed by atoms with E-state index in [9.17, 15) is 0 Å². The Morgan fingerprint density at radius 2 is 1.88 bits per heavy atom. The number of nitrogens with zero attached hydrogens (tertiary/aromatic N) is 2. The molecule has 2 rings (SSSR count). The Bertz CT molecular complexity index is 201. The van der Waals surface area contributed by atoms with Crippen molar-refractivity contribution < 1.29 is 0 Å². The van der Waals surface area contributed by atoms with Crippen molar-refractivity contribution in [3.8, 4) is 0 Å². The lowest BCUT2D eigenvalue weighted by Gasteiger charge is -2.37. The normalized spacial score (nSPS) is 33.9. The lowest BCUT2D eigenvalue weighted by Crippen LogP contribution is -2.48. The van der Waals surface area contributed by atoms with Gasteiger partial charge in [0.2, 0.25) is 0 Å². The van der Waals surface area contributed by atoms with Gasteiger partial charge in [-0.3, -0.25) is 4.90 Å². The molecule has 1 N–H and O–H groups in total. The van der Waals surface area contributed by atoms with Crippen molar-refractivity contribution in [2.45, 2.75) is 44.2 Å². The number of nitrogens with one attached hydrogen (secondary N) is 1. The van der Waals surface area contributed by atoms with Crippen molar-refractivity contribution in [3.63, 3.8) is 0 Å². The third kappa shape index (κ3) is 3.19. The van der Waals surface area contributed by atoms with Crippen LogP contribution in [-0.2, 0) is 0 Å². The monoisotopic (exact) mass is 225 g/mol.